The zero-order valence-corrected chi connectivity index (χ0v) is 11.8. The van der Waals surface area contributed by atoms with Crippen molar-refractivity contribution in [3.63, 3.8) is 0 Å². The van der Waals surface area contributed by atoms with E-state index in [0.717, 1.165) is 22.2 Å². The maximum Gasteiger partial charge on any atom is 0.0689 e. The number of nitrogens with zero attached hydrogens (tertiary/aromatic N) is 2. The Labute approximate surface area is 106 Å². The second-order valence-electron chi connectivity index (χ2n) is 3.40. The maximum absolute atomic E-state index is 4.36. The molecule has 0 spiro atoms. The number of hydrogen-bond acceptors (Lipinski definition) is 1. The van der Waals surface area contributed by atoms with Gasteiger partial charge in [0.1, 0.15) is 0 Å². The first-order chi connectivity index (χ1) is 7.45. The second-order valence-corrected chi connectivity index (χ2v) is 3.40. The van der Waals surface area contributed by atoms with Gasteiger partial charge in [-0.3, -0.25) is 4.98 Å². The molecule has 2 heterocycles. The van der Waals surface area contributed by atoms with Crippen LogP contribution in [0.4, 0.5) is 0 Å². The number of aromatic nitrogens is 2. The normalized spacial score (nSPS) is 10.0. The molecule has 0 saturated carbocycles. The number of fused-ring (bicyclic) bond motifs is 1. The number of para-hydroxylation sites is 1. The van der Waals surface area contributed by atoms with Crippen LogP contribution in [0.3, 0.4) is 0 Å². The van der Waals surface area contributed by atoms with E-state index in [-0.39, 0.29) is 19.5 Å². The minimum Gasteiger partial charge on any atom is -0.663 e. The van der Waals surface area contributed by atoms with Gasteiger partial charge in [-0.15, -0.1) is 5.52 Å². The number of benzene rings is 1. The summed E-state index contributed by atoms with van der Waals surface area (Å²) in [4.78, 5) is 8.69. The summed E-state index contributed by atoms with van der Waals surface area (Å²) >= 11 is 0. The Morgan fingerprint density at radius 3 is 2.69 bits per heavy atom. The number of pyridine rings is 1. The average Bonchev–Trinajstić information content (AvgIpc) is 2.78. The van der Waals surface area contributed by atoms with E-state index >= 15 is 0 Å². The summed E-state index contributed by atoms with van der Waals surface area (Å²) in [5.74, 6) is 0. The first kappa shape index (κ1) is 11.0. The van der Waals surface area contributed by atoms with E-state index in [1.807, 2.05) is 36.5 Å². The third-order valence-electron chi connectivity index (χ3n) is 2.47. The van der Waals surface area contributed by atoms with Crippen LogP contribution >= 0.6 is 0 Å². The van der Waals surface area contributed by atoms with Gasteiger partial charge in [0.25, 0.3) is 0 Å². The van der Waals surface area contributed by atoms with E-state index in [9.17, 15) is 0 Å². The summed E-state index contributed by atoms with van der Waals surface area (Å²) in [6, 6.07) is 14.1. The Kier molecular flexibility index (Phi) is 3.16. The minimum atomic E-state index is 0. The van der Waals surface area contributed by atoms with E-state index in [2.05, 4.69) is 22.1 Å². The van der Waals surface area contributed by atoms with Crippen molar-refractivity contribution in [2.45, 2.75) is 0 Å². The number of rotatable bonds is 1. The third-order valence-corrected chi connectivity index (χ3v) is 2.47. The molecule has 0 aliphatic rings. The van der Waals surface area contributed by atoms with Gasteiger partial charge in [0.2, 0.25) is 0 Å². The van der Waals surface area contributed by atoms with E-state index < -0.39 is 0 Å². The van der Waals surface area contributed by atoms with Gasteiger partial charge in [0, 0.05) is 25.7 Å². The zero-order valence-electron chi connectivity index (χ0n) is 8.80. The van der Waals surface area contributed by atoms with Gasteiger partial charge in [-0.1, -0.05) is 30.3 Å². The van der Waals surface area contributed by atoms with Gasteiger partial charge in [-0.25, -0.2) is 0 Å². The first-order valence-corrected chi connectivity index (χ1v) is 4.87. The Bertz CT molecular complexity index is 587. The molecule has 3 heteroatoms. The molecule has 3 rings (SSSR count). The molecule has 0 fully saturated rings. The molecule has 0 aliphatic carbocycles. The fraction of sp³-hybridized carbons (Fsp3) is 0. The van der Waals surface area contributed by atoms with Crippen LogP contribution in [0.25, 0.3) is 22.2 Å². The van der Waals surface area contributed by atoms with Crippen molar-refractivity contribution in [2.24, 2.45) is 0 Å². The Morgan fingerprint density at radius 1 is 0.938 bits per heavy atom. The molecular formula is C13H9N2Zn-. The molecule has 0 bridgehead atoms. The summed E-state index contributed by atoms with van der Waals surface area (Å²) < 4.78 is 0. The van der Waals surface area contributed by atoms with Gasteiger partial charge in [0.15, 0.2) is 0 Å². The van der Waals surface area contributed by atoms with Gasteiger partial charge in [0.05, 0.1) is 5.69 Å². The standard InChI is InChI=1S/C13H9N2.Zn/c1-2-8-14-12(6-1)11-5-3-4-10-7-9-15-13(10)11;/h1-9H;/q-1;. The van der Waals surface area contributed by atoms with Crippen molar-refractivity contribution in [1.29, 1.82) is 0 Å². The zero-order chi connectivity index (χ0) is 10.1. The molecule has 0 atom stereocenters. The average molecular weight is 259 g/mol. The second kappa shape index (κ2) is 4.58. The summed E-state index contributed by atoms with van der Waals surface area (Å²) in [6.07, 6.45) is 3.63. The van der Waals surface area contributed by atoms with Gasteiger partial charge >= 0.3 is 0 Å². The molecule has 1 aromatic carbocycles. The van der Waals surface area contributed by atoms with Crippen molar-refractivity contribution >= 4 is 10.9 Å². The van der Waals surface area contributed by atoms with Crippen molar-refractivity contribution in [3.05, 3.63) is 54.9 Å². The van der Waals surface area contributed by atoms with E-state index in [4.69, 9.17) is 0 Å². The monoisotopic (exact) mass is 257 g/mol. The summed E-state index contributed by atoms with van der Waals surface area (Å²) in [7, 11) is 0. The summed E-state index contributed by atoms with van der Waals surface area (Å²) in [6.45, 7) is 0. The molecule has 0 radical (unpaired) electrons. The van der Waals surface area contributed by atoms with Crippen LogP contribution in [0, 0.1) is 0 Å². The van der Waals surface area contributed by atoms with E-state index in [0.29, 0.717) is 0 Å². The fourth-order valence-corrected chi connectivity index (χ4v) is 1.76. The first-order valence-electron chi connectivity index (χ1n) is 4.87. The molecule has 2 nitrogen and oxygen atoms in total. The minimum absolute atomic E-state index is 0. The predicted molar refractivity (Wildman–Crippen MR) is 60.5 cm³/mol. The van der Waals surface area contributed by atoms with Crippen LogP contribution in [0.5, 0.6) is 0 Å². The van der Waals surface area contributed by atoms with Gasteiger partial charge in [-0.2, -0.15) is 6.20 Å². The van der Waals surface area contributed by atoms with Crippen LogP contribution in [0.1, 0.15) is 0 Å². The SMILES string of the molecule is [Zn].c1ccc(-c2cccc3cc[n-]c23)nc1. The smallest absolute Gasteiger partial charge is 0.0689 e. The van der Waals surface area contributed by atoms with E-state index in [1.54, 1.807) is 6.20 Å². The van der Waals surface area contributed by atoms with Crippen LogP contribution < -0.4 is 4.98 Å². The molecule has 0 aliphatic heterocycles. The van der Waals surface area contributed by atoms with Crippen molar-refractivity contribution in [2.75, 3.05) is 0 Å². The summed E-state index contributed by atoms with van der Waals surface area (Å²) in [5, 5.41) is 1.16. The van der Waals surface area contributed by atoms with Crippen LogP contribution in [-0.4, -0.2) is 4.98 Å². The molecule has 0 N–H and O–H groups in total. The molecular weight excluding hydrogens is 250 g/mol. The molecule has 0 saturated heterocycles. The summed E-state index contributed by atoms with van der Waals surface area (Å²) in [5.41, 5.74) is 3.09. The Morgan fingerprint density at radius 2 is 1.88 bits per heavy atom. The van der Waals surface area contributed by atoms with Crippen molar-refractivity contribution < 1.29 is 19.5 Å². The van der Waals surface area contributed by atoms with Gasteiger partial charge < -0.3 is 4.98 Å². The molecule has 0 amide bonds. The molecule has 2 aromatic heterocycles. The molecule has 74 valence electrons. The van der Waals surface area contributed by atoms with Crippen molar-refractivity contribution in [3.8, 4) is 11.3 Å². The van der Waals surface area contributed by atoms with Crippen LogP contribution in [0.2, 0.25) is 0 Å². The molecule has 0 unspecified atom stereocenters. The van der Waals surface area contributed by atoms with Crippen LogP contribution in [-0.2, 0) is 19.5 Å². The molecule has 3 aromatic rings. The van der Waals surface area contributed by atoms with Crippen LogP contribution in [0.15, 0.2) is 54.9 Å². The third kappa shape index (κ3) is 1.79. The van der Waals surface area contributed by atoms with Gasteiger partial charge in [-0.05, 0) is 23.1 Å². The number of hydrogen-bond donors (Lipinski definition) is 0. The Hall–Kier alpha value is -1.47. The topological polar surface area (TPSA) is 27.0 Å². The predicted octanol–water partition coefficient (Wildman–Crippen LogP) is 2.86. The van der Waals surface area contributed by atoms with E-state index in [1.165, 1.54) is 0 Å². The fourth-order valence-electron chi connectivity index (χ4n) is 1.76. The largest absolute Gasteiger partial charge is 0.663 e. The van der Waals surface area contributed by atoms with Crippen molar-refractivity contribution in [1.82, 2.24) is 9.97 Å². The molecule has 16 heavy (non-hydrogen) atoms. The quantitative estimate of drug-likeness (QED) is 0.628. The Balaban J connectivity index is 0.000000963. The maximum atomic E-state index is 4.36.